The number of hydrogen-bond acceptors (Lipinski definition) is 2. The second-order valence-corrected chi connectivity index (χ2v) is 7.54. The van der Waals surface area contributed by atoms with E-state index < -0.39 is 47.2 Å². The number of rotatable bonds is 1. The Labute approximate surface area is 162 Å². The first-order valence-corrected chi connectivity index (χ1v) is 8.97. The topological polar surface area (TPSA) is 44.0 Å². The Kier molecular flexibility index (Phi) is 4.40. The van der Waals surface area contributed by atoms with E-state index >= 15 is 0 Å². The minimum atomic E-state index is -3.53. The quantitative estimate of drug-likeness (QED) is 0.614. The summed E-state index contributed by atoms with van der Waals surface area (Å²) in [7, 11) is 0. The molecule has 0 heterocycles. The van der Waals surface area contributed by atoms with Crippen LogP contribution in [0.3, 0.4) is 0 Å². The molecule has 0 amide bonds. The summed E-state index contributed by atoms with van der Waals surface area (Å²) >= 11 is 5.84. The van der Waals surface area contributed by atoms with Crippen LogP contribution in [-0.4, -0.2) is 11.0 Å². The second-order valence-electron chi connectivity index (χ2n) is 7.16. The molecule has 0 radical (unpaired) electrons. The van der Waals surface area contributed by atoms with Crippen LogP contribution < -0.4 is 0 Å². The van der Waals surface area contributed by atoms with Crippen molar-refractivity contribution in [3.8, 4) is 6.07 Å². The Hall–Kier alpha value is -2.17. The fourth-order valence-electron chi connectivity index (χ4n) is 4.34. The van der Waals surface area contributed by atoms with Crippen LogP contribution in [0.4, 0.5) is 22.0 Å². The van der Waals surface area contributed by atoms with E-state index in [9.17, 15) is 32.3 Å². The predicted octanol–water partition coefficient (Wildman–Crippen LogP) is 5.65. The first kappa shape index (κ1) is 19.2. The molecule has 2 nitrogen and oxygen atoms in total. The average Bonchev–Trinajstić information content (AvgIpc) is 2.88. The highest BCUT2D eigenvalue weighted by molar-refractivity contribution is 6.31. The fourth-order valence-corrected chi connectivity index (χ4v) is 4.62. The molecule has 28 heavy (non-hydrogen) atoms. The number of benzene rings is 2. The summed E-state index contributed by atoms with van der Waals surface area (Å²) in [4.78, 5) is 0. The Morgan fingerprint density at radius 2 is 1.82 bits per heavy atom. The molecule has 4 rings (SSSR count). The largest absolute Gasteiger partial charge is 0.382 e. The van der Waals surface area contributed by atoms with E-state index in [1.54, 1.807) is 0 Å². The third-order valence-corrected chi connectivity index (χ3v) is 5.94. The third-order valence-electron chi connectivity index (χ3n) is 5.56. The summed E-state index contributed by atoms with van der Waals surface area (Å²) in [6, 6.07) is 4.72. The molecule has 1 N–H and O–H groups in total. The molecule has 1 unspecified atom stereocenters. The maximum atomic E-state index is 14.4. The molecule has 8 heteroatoms. The van der Waals surface area contributed by atoms with Gasteiger partial charge in [-0.2, -0.15) is 5.26 Å². The molecule has 2 aromatic carbocycles. The molecule has 0 spiro atoms. The van der Waals surface area contributed by atoms with E-state index in [1.807, 2.05) is 6.07 Å². The minimum Gasteiger partial charge on any atom is -0.382 e. The van der Waals surface area contributed by atoms with Gasteiger partial charge in [0.05, 0.1) is 16.7 Å². The third kappa shape index (κ3) is 2.70. The van der Waals surface area contributed by atoms with Crippen LogP contribution >= 0.6 is 11.6 Å². The highest BCUT2D eigenvalue weighted by Gasteiger charge is 2.50. The van der Waals surface area contributed by atoms with Gasteiger partial charge in [-0.05, 0) is 53.3 Å². The van der Waals surface area contributed by atoms with Gasteiger partial charge >= 0.3 is 0 Å². The summed E-state index contributed by atoms with van der Waals surface area (Å²) in [6.07, 6.45) is -4.56. The summed E-state index contributed by atoms with van der Waals surface area (Å²) in [5.41, 5.74) is -0.281. The van der Waals surface area contributed by atoms with E-state index in [0.29, 0.717) is 0 Å². The lowest BCUT2D eigenvalue weighted by Gasteiger charge is -2.30. The van der Waals surface area contributed by atoms with Crippen LogP contribution in [0.15, 0.2) is 18.2 Å². The van der Waals surface area contributed by atoms with Crippen LogP contribution in [0.5, 0.6) is 0 Å². The summed E-state index contributed by atoms with van der Waals surface area (Å²) < 4.78 is 71.0. The molecule has 2 aromatic rings. The van der Waals surface area contributed by atoms with Gasteiger partial charge in [0, 0.05) is 17.9 Å². The molecule has 2 aliphatic carbocycles. The lowest BCUT2D eigenvalue weighted by atomic mass is 9.74. The van der Waals surface area contributed by atoms with Crippen LogP contribution in [0.2, 0.25) is 5.02 Å². The smallest absolute Gasteiger partial charge is 0.281 e. The van der Waals surface area contributed by atoms with Crippen molar-refractivity contribution >= 4 is 11.6 Å². The highest BCUT2D eigenvalue weighted by Crippen LogP contribution is 2.52. The van der Waals surface area contributed by atoms with E-state index in [1.165, 1.54) is 0 Å². The number of halogens is 6. The predicted molar refractivity (Wildman–Crippen MR) is 91.1 cm³/mol. The Balaban J connectivity index is 1.98. The zero-order valence-electron chi connectivity index (χ0n) is 14.2. The van der Waals surface area contributed by atoms with E-state index in [2.05, 4.69) is 0 Å². The number of nitriles is 1. The first-order chi connectivity index (χ1) is 13.2. The van der Waals surface area contributed by atoms with Gasteiger partial charge < -0.3 is 5.11 Å². The molecular formula is C20H13ClF5NO. The lowest BCUT2D eigenvalue weighted by molar-refractivity contribution is -0.0968. The van der Waals surface area contributed by atoms with Crippen LogP contribution in [-0.2, 0) is 6.42 Å². The fraction of sp³-hybridized carbons (Fsp3) is 0.350. The molecule has 0 aliphatic heterocycles. The molecule has 2 aliphatic rings. The highest BCUT2D eigenvalue weighted by atomic mass is 35.5. The number of alkyl halides is 3. The van der Waals surface area contributed by atoms with E-state index in [4.69, 9.17) is 11.6 Å². The Bertz CT molecular complexity index is 1030. The Morgan fingerprint density at radius 1 is 1.11 bits per heavy atom. The van der Waals surface area contributed by atoms with Gasteiger partial charge in [0.15, 0.2) is 0 Å². The van der Waals surface area contributed by atoms with Gasteiger partial charge in [0.1, 0.15) is 23.9 Å². The molecule has 0 bridgehead atoms. The minimum absolute atomic E-state index is 0.00891. The number of fused-ring (bicyclic) bond motifs is 2. The van der Waals surface area contributed by atoms with Gasteiger partial charge in [-0.15, -0.1) is 0 Å². The second kappa shape index (κ2) is 6.43. The van der Waals surface area contributed by atoms with Crippen molar-refractivity contribution < 1.29 is 27.1 Å². The normalized spacial score (nSPS) is 25.1. The van der Waals surface area contributed by atoms with Gasteiger partial charge in [-0.25, -0.2) is 22.0 Å². The number of nitrogens with zero attached hydrogens (tertiary/aromatic N) is 1. The molecule has 0 aromatic heterocycles. The molecule has 146 valence electrons. The number of hydrogen-bond donors (Lipinski definition) is 1. The summed E-state index contributed by atoms with van der Waals surface area (Å²) in [6.45, 7) is 0. The van der Waals surface area contributed by atoms with Crippen LogP contribution in [0.1, 0.15) is 64.4 Å². The van der Waals surface area contributed by atoms with Gasteiger partial charge in [-0.1, -0.05) is 11.6 Å². The standard InChI is InChI=1S/C20H13ClF5NO/c21-18-15(24)5-11(13-6-20(25,26)19(28)17(13)18)10-1-2-14(23)12-4-9(22)3-8(7-27)16(10)12/h3-5,10,14,19,28H,1-2,6H2/t10?,14-,19-/m0/s1. The van der Waals surface area contributed by atoms with Crippen LogP contribution in [0.25, 0.3) is 0 Å². The van der Waals surface area contributed by atoms with Crippen molar-refractivity contribution in [2.45, 2.75) is 43.4 Å². The van der Waals surface area contributed by atoms with Crippen LogP contribution in [0, 0.1) is 23.0 Å². The van der Waals surface area contributed by atoms with Crippen molar-refractivity contribution in [2.75, 3.05) is 0 Å². The first-order valence-electron chi connectivity index (χ1n) is 8.59. The van der Waals surface area contributed by atoms with Crippen molar-refractivity contribution in [3.05, 3.63) is 68.2 Å². The zero-order chi connectivity index (χ0) is 20.4. The van der Waals surface area contributed by atoms with Crippen molar-refractivity contribution in [3.63, 3.8) is 0 Å². The van der Waals surface area contributed by atoms with Crippen molar-refractivity contribution in [1.82, 2.24) is 0 Å². The Morgan fingerprint density at radius 3 is 2.50 bits per heavy atom. The maximum Gasteiger partial charge on any atom is 0.281 e. The SMILES string of the molecule is N#Cc1cc(F)cc2c1C(c1cc(F)c(Cl)c3c1CC(F)(F)[C@H]3O)CC[C@@H]2F. The molecule has 0 saturated heterocycles. The zero-order valence-corrected chi connectivity index (χ0v) is 15.0. The van der Waals surface area contributed by atoms with Crippen molar-refractivity contribution in [1.29, 1.82) is 5.26 Å². The number of aliphatic hydroxyl groups excluding tert-OH is 1. The van der Waals surface area contributed by atoms with Gasteiger partial charge in [-0.3, -0.25) is 0 Å². The summed E-state index contributed by atoms with van der Waals surface area (Å²) in [5, 5.41) is 18.8. The molecule has 0 saturated carbocycles. The van der Waals surface area contributed by atoms with E-state index in [-0.39, 0.29) is 46.2 Å². The van der Waals surface area contributed by atoms with Gasteiger partial charge in [0.25, 0.3) is 5.92 Å². The molecular weight excluding hydrogens is 401 g/mol. The monoisotopic (exact) mass is 413 g/mol. The lowest BCUT2D eigenvalue weighted by Crippen LogP contribution is -2.21. The molecule has 3 atom stereocenters. The van der Waals surface area contributed by atoms with Crippen molar-refractivity contribution in [2.24, 2.45) is 0 Å². The summed E-state index contributed by atoms with van der Waals surface area (Å²) in [5.74, 6) is -6.10. The van der Waals surface area contributed by atoms with Gasteiger partial charge in [0.2, 0.25) is 0 Å². The molecule has 0 fully saturated rings. The average molecular weight is 414 g/mol. The maximum absolute atomic E-state index is 14.4. The number of aliphatic hydroxyl groups is 1. The van der Waals surface area contributed by atoms with E-state index in [0.717, 1.165) is 18.2 Å².